The molecule has 0 aliphatic heterocycles. The summed E-state index contributed by atoms with van der Waals surface area (Å²) in [5.74, 6) is -2.23. The summed E-state index contributed by atoms with van der Waals surface area (Å²) in [7, 11) is 0. The third-order valence-corrected chi connectivity index (χ3v) is 2.10. The molecular formula is C11H10ClFN2O4. The zero-order valence-electron chi connectivity index (χ0n) is 9.81. The normalized spacial score (nSPS) is 10.5. The summed E-state index contributed by atoms with van der Waals surface area (Å²) in [6.45, 7) is 0.673. The van der Waals surface area contributed by atoms with Gasteiger partial charge in [0.1, 0.15) is 11.6 Å². The van der Waals surface area contributed by atoms with Crippen LogP contribution in [0.25, 0.3) is 0 Å². The molecule has 0 bridgehead atoms. The molecule has 0 atom stereocenters. The number of carboxylic acids is 1. The number of hydrogen-bond donors (Lipinski definition) is 2. The molecule has 1 aromatic carbocycles. The Labute approximate surface area is 112 Å². The van der Waals surface area contributed by atoms with Crippen molar-refractivity contribution in [3.63, 3.8) is 0 Å². The highest BCUT2D eigenvalue weighted by molar-refractivity contribution is 6.32. The molecule has 0 spiro atoms. The Morgan fingerprint density at radius 3 is 2.84 bits per heavy atom. The molecule has 2 N–H and O–H groups in total. The number of benzene rings is 1. The molecule has 8 heteroatoms. The molecule has 0 saturated carbocycles. The first-order chi connectivity index (χ1) is 8.90. The van der Waals surface area contributed by atoms with Gasteiger partial charge in [0.05, 0.1) is 16.9 Å². The lowest BCUT2D eigenvalue weighted by Gasteiger charge is -2.09. The molecule has 0 saturated heterocycles. The smallest absolute Gasteiger partial charge is 0.341 e. The van der Waals surface area contributed by atoms with E-state index in [0.717, 1.165) is 18.3 Å². The average molecular weight is 289 g/mol. The van der Waals surface area contributed by atoms with Gasteiger partial charge in [-0.25, -0.2) is 9.18 Å². The molecule has 0 aliphatic rings. The number of anilines is 1. The van der Waals surface area contributed by atoms with Gasteiger partial charge >= 0.3 is 5.97 Å². The van der Waals surface area contributed by atoms with Gasteiger partial charge in [-0.3, -0.25) is 10.2 Å². The van der Waals surface area contributed by atoms with Gasteiger partial charge in [0.15, 0.2) is 12.4 Å². The predicted octanol–water partition coefficient (Wildman–Crippen LogP) is 1.93. The van der Waals surface area contributed by atoms with Crippen LogP contribution in [0, 0.1) is 5.82 Å². The van der Waals surface area contributed by atoms with Crippen LogP contribution in [-0.4, -0.2) is 29.7 Å². The summed E-state index contributed by atoms with van der Waals surface area (Å²) in [4.78, 5) is 21.0. The lowest BCUT2D eigenvalue weighted by Crippen LogP contribution is -2.10. The minimum atomic E-state index is -1.19. The molecule has 102 valence electrons. The summed E-state index contributed by atoms with van der Waals surface area (Å²) >= 11 is 5.69. The van der Waals surface area contributed by atoms with E-state index in [-0.39, 0.29) is 22.2 Å². The summed E-state index contributed by atoms with van der Waals surface area (Å²) in [5.41, 5.74) is 2.19. The van der Waals surface area contributed by atoms with Crippen LogP contribution >= 0.6 is 11.6 Å². The monoisotopic (exact) mass is 288 g/mol. The van der Waals surface area contributed by atoms with E-state index in [1.54, 1.807) is 0 Å². The lowest BCUT2D eigenvalue weighted by molar-refractivity contribution is -0.139. The minimum absolute atomic E-state index is 0.00834. The molecular weight excluding hydrogens is 279 g/mol. The van der Waals surface area contributed by atoms with Crippen LogP contribution in [-0.2, 0) is 9.59 Å². The van der Waals surface area contributed by atoms with E-state index in [0.29, 0.717) is 0 Å². The number of ether oxygens (including phenoxy) is 1. The van der Waals surface area contributed by atoms with Crippen molar-refractivity contribution < 1.29 is 23.8 Å². The van der Waals surface area contributed by atoms with Crippen molar-refractivity contribution in [3.05, 3.63) is 23.0 Å². The summed E-state index contributed by atoms with van der Waals surface area (Å²) in [5, 5.41) is 11.9. The number of carbonyl (C=O) groups is 2. The quantitative estimate of drug-likeness (QED) is 0.617. The number of ketones is 1. The van der Waals surface area contributed by atoms with Gasteiger partial charge in [-0.15, -0.1) is 0 Å². The minimum Gasteiger partial charge on any atom is -0.480 e. The number of carboxylic acid groups (broad SMARTS) is 1. The van der Waals surface area contributed by atoms with Gasteiger partial charge in [0, 0.05) is 13.0 Å². The third-order valence-electron chi connectivity index (χ3n) is 1.80. The Bertz CT molecular complexity index is 534. The van der Waals surface area contributed by atoms with Crippen LogP contribution in [0.5, 0.6) is 5.75 Å². The third kappa shape index (κ3) is 4.92. The molecule has 0 unspecified atom stereocenters. The number of hydrazone groups is 1. The number of nitrogens with one attached hydrogen (secondary N) is 1. The van der Waals surface area contributed by atoms with Gasteiger partial charge in [-0.2, -0.15) is 5.10 Å². The highest BCUT2D eigenvalue weighted by Crippen LogP contribution is 2.30. The fourth-order valence-electron chi connectivity index (χ4n) is 1.06. The van der Waals surface area contributed by atoms with Gasteiger partial charge in [0.25, 0.3) is 0 Å². The highest BCUT2D eigenvalue weighted by Gasteiger charge is 2.10. The number of rotatable bonds is 6. The topological polar surface area (TPSA) is 88.0 Å². The second kappa shape index (κ2) is 6.69. The van der Waals surface area contributed by atoms with E-state index in [9.17, 15) is 14.0 Å². The molecule has 1 rings (SSSR count). The molecule has 0 aliphatic carbocycles. The van der Waals surface area contributed by atoms with Crippen molar-refractivity contribution >= 4 is 35.3 Å². The molecule has 0 heterocycles. The SMILES string of the molecule is CC(=O)/C=N\Nc1cc(OCC(=O)O)c(Cl)cc1F. The van der Waals surface area contributed by atoms with Crippen molar-refractivity contribution in [1.82, 2.24) is 0 Å². The maximum absolute atomic E-state index is 13.5. The van der Waals surface area contributed by atoms with E-state index < -0.39 is 18.4 Å². The number of halogens is 2. The van der Waals surface area contributed by atoms with E-state index >= 15 is 0 Å². The van der Waals surface area contributed by atoms with Gasteiger partial charge < -0.3 is 9.84 Å². The van der Waals surface area contributed by atoms with Crippen LogP contribution in [0.2, 0.25) is 5.02 Å². The van der Waals surface area contributed by atoms with E-state index in [1.807, 2.05) is 0 Å². The summed E-state index contributed by atoms with van der Waals surface area (Å²) in [6.07, 6.45) is 0.964. The van der Waals surface area contributed by atoms with Crippen LogP contribution in [0.4, 0.5) is 10.1 Å². The Hall–Kier alpha value is -2.15. The Balaban J connectivity index is 2.89. The maximum atomic E-state index is 13.5. The van der Waals surface area contributed by atoms with E-state index in [4.69, 9.17) is 21.4 Å². The maximum Gasteiger partial charge on any atom is 0.341 e. The number of Topliss-reactive ketones (excluding diaryl/α,β-unsaturated/α-hetero) is 1. The molecule has 0 radical (unpaired) electrons. The first-order valence-corrected chi connectivity index (χ1v) is 5.41. The summed E-state index contributed by atoms with van der Waals surface area (Å²) in [6, 6.07) is 2.10. The van der Waals surface area contributed by atoms with E-state index in [2.05, 4.69) is 10.5 Å². The van der Waals surface area contributed by atoms with Gasteiger partial charge in [-0.1, -0.05) is 11.6 Å². The molecule has 19 heavy (non-hydrogen) atoms. The molecule has 0 aromatic heterocycles. The van der Waals surface area contributed by atoms with Crippen molar-refractivity contribution in [2.45, 2.75) is 6.92 Å². The zero-order chi connectivity index (χ0) is 14.4. The van der Waals surface area contributed by atoms with Gasteiger partial charge in [0.2, 0.25) is 0 Å². The van der Waals surface area contributed by atoms with Gasteiger partial charge in [-0.05, 0) is 6.07 Å². The number of nitrogens with zero attached hydrogens (tertiary/aromatic N) is 1. The second-order valence-corrected chi connectivity index (χ2v) is 3.83. The first-order valence-electron chi connectivity index (χ1n) is 5.03. The number of aliphatic carboxylic acids is 1. The number of carbonyl (C=O) groups excluding carboxylic acids is 1. The average Bonchev–Trinajstić information content (AvgIpc) is 2.29. The predicted molar refractivity (Wildman–Crippen MR) is 67.3 cm³/mol. The van der Waals surface area contributed by atoms with Crippen LogP contribution in [0.15, 0.2) is 17.2 Å². The van der Waals surface area contributed by atoms with Crippen LogP contribution < -0.4 is 10.2 Å². The molecule has 6 nitrogen and oxygen atoms in total. The molecule has 1 aromatic rings. The Kier molecular flexibility index (Phi) is 5.25. The van der Waals surface area contributed by atoms with E-state index in [1.165, 1.54) is 6.92 Å². The zero-order valence-corrected chi connectivity index (χ0v) is 10.6. The van der Waals surface area contributed by atoms with Crippen molar-refractivity contribution in [1.29, 1.82) is 0 Å². The van der Waals surface area contributed by atoms with Crippen LogP contribution in [0.1, 0.15) is 6.92 Å². The second-order valence-electron chi connectivity index (χ2n) is 3.43. The fourth-order valence-corrected chi connectivity index (χ4v) is 1.26. The first kappa shape index (κ1) is 14.9. The van der Waals surface area contributed by atoms with Crippen molar-refractivity contribution in [2.75, 3.05) is 12.0 Å². The Morgan fingerprint density at radius 1 is 1.58 bits per heavy atom. The standard InChI is InChI=1S/C11H10ClFN2O4/c1-6(16)4-14-15-9-3-10(19-5-11(17)18)7(12)2-8(9)13/h2-4,15H,5H2,1H3,(H,17,18)/b14-4-. The highest BCUT2D eigenvalue weighted by atomic mass is 35.5. The fraction of sp³-hybridized carbons (Fsp3) is 0.182. The Morgan fingerprint density at radius 2 is 2.26 bits per heavy atom. The molecule has 0 fully saturated rings. The van der Waals surface area contributed by atoms with Crippen LogP contribution in [0.3, 0.4) is 0 Å². The lowest BCUT2D eigenvalue weighted by atomic mass is 10.3. The largest absolute Gasteiger partial charge is 0.480 e. The van der Waals surface area contributed by atoms with Crippen molar-refractivity contribution in [3.8, 4) is 5.75 Å². The number of hydrogen-bond acceptors (Lipinski definition) is 5. The summed E-state index contributed by atoms with van der Waals surface area (Å²) < 4.78 is 18.3. The van der Waals surface area contributed by atoms with Crippen molar-refractivity contribution in [2.24, 2.45) is 5.10 Å². The molecule has 0 amide bonds.